The van der Waals surface area contributed by atoms with Crippen LogP contribution in [0.1, 0.15) is 18.5 Å². The van der Waals surface area contributed by atoms with Crippen LogP contribution in [0.25, 0.3) is 16.0 Å². The molecule has 17 heavy (non-hydrogen) atoms. The predicted octanol–water partition coefficient (Wildman–Crippen LogP) is 3.72. The third-order valence-corrected chi connectivity index (χ3v) is 3.63. The molecule has 3 rings (SSSR count). The van der Waals surface area contributed by atoms with Crippen LogP contribution in [0.15, 0.2) is 41.2 Å². The zero-order valence-corrected chi connectivity index (χ0v) is 10.0. The molecule has 1 aliphatic rings. The Morgan fingerprint density at radius 3 is 3.00 bits per heavy atom. The van der Waals surface area contributed by atoms with Crippen molar-refractivity contribution in [2.24, 2.45) is 0 Å². The van der Waals surface area contributed by atoms with E-state index in [-0.39, 0.29) is 0 Å². The fraction of sp³-hybridized carbons (Fsp3) is 0.154. The summed E-state index contributed by atoms with van der Waals surface area (Å²) in [6.07, 6.45) is 12.0. The second-order valence-corrected chi connectivity index (χ2v) is 4.91. The maximum Gasteiger partial charge on any atom is 0.181 e. The third-order valence-electron chi connectivity index (χ3n) is 2.70. The molecule has 2 aromatic heterocycles. The van der Waals surface area contributed by atoms with Gasteiger partial charge in [-0.25, -0.2) is 4.98 Å². The molecule has 2 aromatic rings. The SMILES string of the molecule is Nc1nc(C2=CCCC=C2)c(-c2ccoc2)s1. The number of allylic oxidation sites excluding steroid dienone is 4. The second kappa shape index (κ2) is 4.22. The highest BCUT2D eigenvalue weighted by Gasteiger charge is 2.15. The summed E-state index contributed by atoms with van der Waals surface area (Å²) >= 11 is 1.50. The van der Waals surface area contributed by atoms with Crippen LogP contribution >= 0.6 is 11.3 Å². The van der Waals surface area contributed by atoms with E-state index in [9.17, 15) is 0 Å². The van der Waals surface area contributed by atoms with Crippen LogP contribution in [0.5, 0.6) is 0 Å². The first-order valence-electron chi connectivity index (χ1n) is 5.50. The summed E-state index contributed by atoms with van der Waals surface area (Å²) in [5, 5.41) is 0.594. The first-order chi connectivity index (χ1) is 8.34. The standard InChI is InChI=1S/C13H12N2OS/c14-13-15-11(9-4-2-1-3-5-9)12(17-13)10-6-7-16-8-10/h2,4-8H,1,3H2,(H2,14,15). The lowest BCUT2D eigenvalue weighted by Gasteiger charge is -2.05. The molecular formula is C13H12N2OS. The molecule has 0 bridgehead atoms. The first kappa shape index (κ1) is 10.4. The van der Waals surface area contributed by atoms with Crippen LogP contribution in [-0.4, -0.2) is 4.98 Å². The number of hydrogen-bond acceptors (Lipinski definition) is 4. The molecule has 2 heterocycles. The Morgan fingerprint density at radius 2 is 2.29 bits per heavy atom. The van der Waals surface area contributed by atoms with Gasteiger partial charge in [0.05, 0.1) is 23.1 Å². The van der Waals surface area contributed by atoms with Gasteiger partial charge in [-0.1, -0.05) is 29.6 Å². The summed E-state index contributed by atoms with van der Waals surface area (Å²) in [4.78, 5) is 5.50. The van der Waals surface area contributed by atoms with E-state index >= 15 is 0 Å². The summed E-state index contributed by atoms with van der Waals surface area (Å²) in [5.74, 6) is 0. The largest absolute Gasteiger partial charge is 0.472 e. The molecule has 2 N–H and O–H groups in total. The monoisotopic (exact) mass is 244 g/mol. The average Bonchev–Trinajstić information content (AvgIpc) is 2.98. The third kappa shape index (κ3) is 1.91. The van der Waals surface area contributed by atoms with Crippen molar-refractivity contribution in [3.05, 3.63) is 42.5 Å². The second-order valence-electron chi connectivity index (χ2n) is 3.88. The van der Waals surface area contributed by atoms with Crippen LogP contribution in [0.4, 0.5) is 5.13 Å². The van der Waals surface area contributed by atoms with Crippen LogP contribution in [0.3, 0.4) is 0 Å². The Balaban J connectivity index is 2.11. The van der Waals surface area contributed by atoms with Crippen molar-refractivity contribution < 1.29 is 4.42 Å². The molecule has 0 spiro atoms. The van der Waals surface area contributed by atoms with Gasteiger partial charge in [0, 0.05) is 5.56 Å². The zero-order chi connectivity index (χ0) is 11.7. The van der Waals surface area contributed by atoms with Gasteiger partial charge in [-0.05, 0) is 24.5 Å². The molecule has 0 aromatic carbocycles. The lowest BCUT2D eigenvalue weighted by molar-refractivity contribution is 0.568. The maximum absolute atomic E-state index is 5.82. The van der Waals surface area contributed by atoms with Gasteiger partial charge in [0.25, 0.3) is 0 Å². The molecule has 0 unspecified atom stereocenters. The minimum absolute atomic E-state index is 0.594. The van der Waals surface area contributed by atoms with Crippen LogP contribution < -0.4 is 5.73 Å². The minimum atomic E-state index is 0.594. The summed E-state index contributed by atoms with van der Waals surface area (Å²) in [6, 6.07) is 1.93. The van der Waals surface area contributed by atoms with E-state index in [1.165, 1.54) is 11.3 Å². The fourth-order valence-electron chi connectivity index (χ4n) is 1.91. The zero-order valence-electron chi connectivity index (χ0n) is 9.22. The summed E-state index contributed by atoms with van der Waals surface area (Å²) in [6.45, 7) is 0. The van der Waals surface area contributed by atoms with Crippen molar-refractivity contribution in [1.82, 2.24) is 4.98 Å². The van der Waals surface area contributed by atoms with E-state index in [0.717, 1.165) is 34.5 Å². The normalized spacial score (nSPS) is 14.9. The molecule has 86 valence electrons. The van der Waals surface area contributed by atoms with Crippen molar-refractivity contribution in [2.75, 3.05) is 5.73 Å². The van der Waals surface area contributed by atoms with E-state index < -0.39 is 0 Å². The van der Waals surface area contributed by atoms with Gasteiger partial charge in [-0.2, -0.15) is 0 Å². The van der Waals surface area contributed by atoms with Crippen molar-refractivity contribution in [3.63, 3.8) is 0 Å². The van der Waals surface area contributed by atoms with Gasteiger partial charge >= 0.3 is 0 Å². The number of rotatable bonds is 2. The molecule has 0 radical (unpaired) electrons. The van der Waals surface area contributed by atoms with E-state index in [2.05, 4.69) is 23.2 Å². The number of nitrogens with zero attached hydrogens (tertiary/aromatic N) is 1. The quantitative estimate of drug-likeness (QED) is 0.876. The van der Waals surface area contributed by atoms with Gasteiger partial charge in [0.1, 0.15) is 0 Å². The number of nitrogens with two attached hydrogens (primary N) is 1. The minimum Gasteiger partial charge on any atom is -0.472 e. The topological polar surface area (TPSA) is 52.0 Å². The van der Waals surface area contributed by atoms with Crippen molar-refractivity contribution in [1.29, 1.82) is 0 Å². The summed E-state index contributed by atoms with van der Waals surface area (Å²) in [5.41, 5.74) is 8.97. The molecule has 0 amide bonds. The fourth-order valence-corrected chi connectivity index (χ4v) is 2.75. The predicted molar refractivity (Wildman–Crippen MR) is 70.6 cm³/mol. The highest BCUT2D eigenvalue weighted by atomic mass is 32.1. The molecule has 0 saturated heterocycles. The molecule has 4 heteroatoms. The maximum atomic E-state index is 5.82. The average molecular weight is 244 g/mol. The molecule has 0 aliphatic heterocycles. The molecule has 0 atom stereocenters. The lowest BCUT2D eigenvalue weighted by atomic mass is 10.0. The van der Waals surface area contributed by atoms with Gasteiger partial charge in [-0.15, -0.1) is 0 Å². The molecule has 0 saturated carbocycles. The van der Waals surface area contributed by atoms with Gasteiger partial charge in [0.2, 0.25) is 0 Å². The highest BCUT2D eigenvalue weighted by molar-refractivity contribution is 7.19. The van der Waals surface area contributed by atoms with E-state index in [1.54, 1.807) is 12.5 Å². The van der Waals surface area contributed by atoms with Gasteiger partial charge in [-0.3, -0.25) is 0 Å². The smallest absolute Gasteiger partial charge is 0.181 e. The van der Waals surface area contributed by atoms with E-state index in [0.29, 0.717) is 5.13 Å². The van der Waals surface area contributed by atoms with Crippen molar-refractivity contribution in [2.45, 2.75) is 12.8 Å². The van der Waals surface area contributed by atoms with E-state index in [1.807, 2.05) is 6.07 Å². The Bertz CT molecular complexity index is 579. The molecule has 3 nitrogen and oxygen atoms in total. The summed E-state index contributed by atoms with van der Waals surface area (Å²) < 4.78 is 5.12. The van der Waals surface area contributed by atoms with Gasteiger partial charge in [0.15, 0.2) is 5.13 Å². The Labute approximate surface area is 103 Å². The number of thiazole rings is 1. The number of aromatic nitrogens is 1. The highest BCUT2D eigenvalue weighted by Crippen LogP contribution is 2.37. The van der Waals surface area contributed by atoms with Crippen LogP contribution in [0.2, 0.25) is 0 Å². The van der Waals surface area contributed by atoms with Crippen molar-refractivity contribution >= 4 is 22.0 Å². The number of hydrogen-bond donors (Lipinski definition) is 1. The number of furan rings is 1. The van der Waals surface area contributed by atoms with Crippen LogP contribution in [-0.2, 0) is 0 Å². The van der Waals surface area contributed by atoms with Gasteiger partial charge < -0.3 is 10.2 Å². The Morgan fingerprint density at radius 1 is 1.35 bits per heavy atom. The Hall–Kier alpha value is -1.81. The summed E-state index contributed by atoms with van der Waals surface area (Å²) in [7, 11) is 0. The Kier molecular flexibility index (Phi) is 2.57. The molecule has 0 fully saturated rings. The van der Waals surface area contributed by atoms with E-state index in [4.69, 9.17) is 10.2 Å². The number of nitrogen functional groups attached to an aromatic ring is 1. The van der Waals surface area contributed by atoms with Crippen molar-refractivity contribution in [3.8, 4) is 10.4 Å². The lowest BCUT2D eigenvalue weighted by Crippen LogP contribution is -1.89. The number of anilines is 1. The molecule has 1 aliphatic carbocycles. The first-order valence-corrected chi connectivity index (χ1v) is 6.32. The van der Waals surface area contributed by atoms with Crippen LogP contribution in [0, 0.1) is 0 Å². The molecular weight excluding hydrogens is 232 g/mol.